The average molecular weight is 315 g/mol. The van der Waals surface area contributed by atoms with Crippen LogP contribution in [0.1, 0.15) is 5.56 Å². The Hall–Kier alpha value is -1.98. The van der Waals surface area contributed by atoms with Crippen molar-refractivity contribution < 1.29 is 9.13 Å². The molecule has 0 bridgehead atoms. The maximum atomic E-state index is 13.8. The van der Waals surface area contributed by atoms with Crippen molar-refractivity contribution in [2.75, 3.05) is 40.3 Å². The van der Waals surface area contributed by atoms with Crippen LogP contribution in [0.3, 0.4) is 0 Å². The second kappa shape index (κ2) is 7.06. The van der Waals surface area contributed by atoms with Crippen molar-refractivity contribution in [3.05, 3.63) is 47.9 Å². The zero-order chi connectivity index (χ0) is 16.2. The van der Waals surface area contributed by atoms with Crippen LogP contribution in [-0.4, -0.2) is 55.1 Å². The van der Waals surface area contributed by atoms with Crippen LogP contribution >= 0.6 is 0 Å². The van der Waals surface area contributed by atoms with Crippen LogP contribution in [0.25, 0.3) is 11.3 Å². The van der Waals surface area contributed by atoms with Gasteiger partial charge in [0.25, 0.3) is 0 Å². The maximum absolute atomic E-state index is 13.8. The van der Waals surface area contributed by atoms with Gasteiger partial charge in [0.05, 0.1) is 12.8 Å². The molecule has 1 aliphatic heterocycles. The molecule has 4 nitrogen and oxygen atoms in total. The summed E-state index contributed by atoms with van der Waals surface area (Å²) in [5, 5.41) is 0. The third kappa shape index (κ3) is 3.86. The van der Waals surface area contributed by atoms with Gasteiger partial charge in [-0.15, -0.1) is 0 Å². The lowest BCUT2D eigenvalue weighted by Gasteiger charge is -2.32. The first-order valence-electron chi connectivity index (χ1n) is 7.85. The number of hydrogen-bond acceptors (Lipinski definition) is 4. The molecule has 5 heteroatoms. The number of piperazine rings is 1. The Morgan fingerprint density at radius 3 is 2.52 bits per heavy atom. The number of rotatable bonds is 4. The Morgan fingerprint density at radius 2 is 1.91 bits per heavy atom. The normalized spacial score (nSPS) is 16.5. The van der Waals surface area contributed by atoms with Gasteiger partial charge >= 0.3 is 0 Å². The molecular formula is C18H22FN3O. The smallest absolute Gasteiger partial charge is 0.165 e. The Balaban J connectivity index is 1.68. The van der Waals surface area contributed by atoms with E-state index in [-0.39, 0.29) is 11.6 Å². The van der Waals surface area contributed by atoms with Crippen LogP contribution in [0.15, 0.2) is 36.5 Å². The summed E-state index contributed by atoms with van der Waals surface area (Å²) in [4.78, 5) is 9.26. The van der Waals surface area contributed by atoms with Crippen LogP contribution in [0.2, 0.25) is 0 Å². The molecule has 0 N–H and O–H groups in total. The Morgan fingerprint density at radius 1 is 1.13 bits per heavy atom. The quantitative estimate of drug-likeness (QED) is 0.867. The van der Waals surface area contributed by atoms with Gasteiger partial charge in [-0.25, -0.2) is 4.39 Å². The Labute approximate surface area is 136 Å². The van der Waals surface area contributed by atoms with Crippen LogP contribution < -0.4 is 4.74 Å². The number of pyridine rings is 1. The Bertz CT molecular complexity index is 652. The highest BCUT2D eigenvalue weighted by Gasteiger charge is 2.14. The first-order valence-corrected chi connectivity index (χ1v) is 7.85. The highest BCUT2D eigenvalue weighted by atomic mass is 19.1. The van der Waals surface area contributed by atoms with Gasteiger partial charge in [0.1, 0.15) is 0 Å². The van der Waals surface area contributed by atoms with Crippen molar-refractivity contribution in [1.29, 1.82) is 0 Å². The summed E-state index contributed by atoms with van der Waals surface area (Å²) in [6.07, 6.45) is 1.88. The zero-order valence-electron chi connectivity index (χ0n) is 13.6. The van der Waals surface area contributed by atoms with Gasteiger partial charge in [-0.05, 0) is 36.9 Å². The molecule has 2 aromatic rings. The second-order valence-electron chi connectivity index (χ2n) is 5.98. The highest BCUT2D eigenvalue weighted by molar-refractivity contribution is 5.60. The van der Waals surface area contributed by atoms with Crippen molar-refractivity contribution in [3.8, 4) is 17.0 Å². The molecule has 0 radical (unpaired) electrons. The third-order valence-electron chi connectivity index (χ3n) is 4.27. The van der Waals surface area contributed by atoms with Gasteiger partial charge in [0, 0.05) is 44.5 Å². The first-order chi connectivity index (χ1) is 11.2. The number of halogens is 1. The minimum Gasteiger partial charge on any atom is -0.494 e. The molecule has 0 aliphatic carbocycles. The molecule has 0 atom stereocenters. The molecule has 23 heavy (non-hydrogen) atoms. The summed E-state index contributed by atoms with van der Waals surface area (Å²) in [6.45, 7) is 5.30. The molecule has 1 aromatic heterocycles. The van der Waals surface area contributed by atoms with E-state index in [1.165, 1.54) is 18.7 Å². The zero-order valence-corrected chi connectivity index (χ0v) is 13.6. The molecule has 1 saturated heterocycles. The topological polar surface area (TPSA) is 28.6 Å². The number of benzene rings is 1. The molecule has 0 spiro atoms. The van der Waals surface area contributed by atoms with E-state index in [4.69, 9.17) is 4.74 Å². The standard InChI is InChI=1S/C18H22FN3O/c1-21-7-9-22(10-8-21)13-14-3-5-17(20-12-14)15-4-6-18(23-2)16(19)11-15/h3-6,11-12H,7-10,13H2,1-2H3. The van der Waals surface area contributed by atoms with Crippen LogP contribution in [0.4, 0.5) is 4.39 Å². The molecule has 0 unspecified atom stereocenters. The summed E-state index contributed by atoms with van der Waals surface area (Å²) in [6, 6.07) is 8.94. The van der Waals surface area contributed by atoms with Crippen molar-refractivity contribution in [3.63, 3.8) is 0 Å². The number of nitrogens with zero attached hydrogens (tertiary/aromatic N) is 3. The average Bonchev–Trinajstić information content (AvgIpc) is 2.57. The fraction of sp³-hybridized carbons (Fsp3) is 0.389. The predicted octanol–water partition coefficient (Wildman–Crippen LogP) is 2.64. The fourth-order valence-electron chi connectivity index (χ4n) is 2.78. The van der Waals surface area contributed by atoms with E-state index in [1.807, 2.05) is 18.3 Å². The number of hydrogen-bond donors (Lipinski definition) is 0. The van der Waals surface area contributed by atoms with E-state index in [9.17, 15) is 4.39 Å². The first kappa shape index (κ1) is 15.9. The van der Waals surface area contributed by atoms with Crippen molar-refractivity contribution in [2.24, 2.45) is 0 Å². The van der Waals surface area contributed by atoms with Crippen LogP contribution in [-0.2, 0) is 6.54 Å². The monoisotopic (exact) mass is 315 g/mol. The number of ether oxygens (including phenoxy) is 1. The molecular weight excluding hydrogens is 293 g/mol. The minimum absolute atomic E-state index is 0.250. The summed E-state index contributed by atoms with van der Waals surface area (Å²) in [7, 11) is 3.62. The summed E-state index contributed by atoms with van der Waals surface area (Å²) in [5.41, 5.74) is 2.72. The lowest BCUT2D eigenvalue weighted by atomic mass is 10.1. The Kier molecular flexibility index (Phi) is 4.88. The molecule has 122 valence electrons. The molecule has 1 aromatic carbocycles. The fourth-order valence-corrected chi connectivity index (χ4v) is 2.78. The molecule has 0 amide bonds. The van der Waals surface area contributed by atoms with E-state index < -0.39 is 0 Å². The number of aromatic nitrogens is 1. The highest BCUT2D eigenvalue weighted by Crippen LogP contribution is 2.24. The number of likely N-dealkylation sites (N-methyl/N-ethyl adjacent to an activating group) is 1. The summed E-state index contributed by atoms with van der Waals surface area (Å²) < 4.78 is 18.7. The third-order valence-corrected chi connectivity index (χ3v) is 4.27. The van der Waals surface area contributed by atoms with E-state index in [0.29, 0.717) is 0 Å². The van der Waals surface area contributed by atoms with Gasteiger partial charge in [-0.1, -0.05) is 6.07 Å². The van der Waals surface area contributed by atoms with Gasteiger partial charge in [0.2, 0.25) is 0 Å². The van der Waals surface area contributed by atoms with Crippen molar-refractivity contribution in [1.82, 2.24) is 14.8 Å². The SMILES string of the molecule is COc1ccc(-c2ccc(CN3CCN(C)CC3)cn2)cc1F. The molecule has 2 heterocycles. The summed E-state index contributed by atoms with van der Waals surface area (Å²) in [5.74, 6) is -0.117. The van der Waals surface area contributed by atoms with Crippen molar-refractivity contribution >= 4 is 0 Å². The molecule has 1 fully saturated rings. The number of methoxy groups -OCH3 is 1. The van der Waals surface area contributed by atoms with Gasteiger partial charge < -0.3 is 9.64 Å². The second-order valence-corrected chi connectivity index (χ2v) is 5.98. The predicted molar refractivity (Wildman–Crippen MR) is 89.0 cm³/mol. The minimum atomic E-state index is -0.367. The van der Waals surface area contributed by atoms with Gasteiger partial charge in [0.15, 0.2) is 11.6 Å². The van der Waals surface area contributed by atoms with E-state index in [1.54, 1.807) is 6.07 Å². The molecule has 1 aliphatic rings. The van der Waals surface area contributed by atoms with E-state index in [0.717, 1.165) is 44.0 Å². The van der Waals surface area contributed by atoms with Crippen LogP contribution in [0, 0.1) is 5.82 Å². The molecule has 0 saturated carbocycles. The summed E-state index contributed by atoms with van der Waals surface area (Å²) >= 11 is 0. The lowest BCUT2D eigenvalue weighted by Crippen LogP contribution is -2.43. The van der Waals surface area contributed by atoms with Crippen LogP contribution in [0.5, 0.6) is 5.75 Å². The lowest BCUT2D eigenvalue weighted by molar-refractivity contribution is 0.148. The van der Waals surface area contributed by atoms with Crippen molar-refractivity contribution in [2.45, 2.75) is 6.54 Å². The largest absolute Gasteiger partial charge is 0.494 e. The van der Waals surface area contributed by atoms with Gasteiger partial charge in [-0.3, -0.25) is 9.88 Å². The van der Waals surface area contributed by atoms with E-state index >= 15 is 0 Å². The van der Waals surface area contributed by atoms with Gasteiger partial charge in [-0.2, -0.15) is 0 Å². The maximum Gasteiger partial charge on any atom is 0.165 e. The van der Waals surface area contributed by atoms with E-state index in [2.05, 4.69) is 27.9 Å². The molecule has 3 rings (SSSR count).